The highest BCUT2D eigenvalue weighted by atomic mass is 79.9. The number of halogens is 3. The van der Waals surface area contributed by atoms with E-state index in [-0.39, 0.29) is 10.2 Å². The van der Waals surface area contributed by atoms with Gasteiger partial charge in [-0.05, 0) is 12.1 Å². The first-order valence-electron chi connectivity index (χ1n) is 2.74. The molecule has 0 radical (unpaired) electrons. The molecule has 0 aliphatic carbocycles. The van der Waals surface area contributed by atoms with Gasteiger partial charge in [0, 0.05) is 0 Å². The average Bonchev–Trinajstić information content (AvgIpc) is 1.88. The van der Waals surface area contributed by atoms with E-state index < -0.39 is 0 Å². The first kappa shape index (κ1) is 8.27. The van der Waals surface area contributed by atoms with Crippen LogP contribution in [0.1, 0.15) is 0 Å². The van der Waals surface area contributed by atoms with Crippen LogP contribution in [0, 0.1) is 5.82 Å². The molecular formula is C6H4BBr2F. The van der Waals surface area contributed by atoms with Gasteiger partial charge in [0.25, 0.3) is 0 Å². The molecule has 0 aromatic heterocycles. The zero-order chi connectivity index (χ0) is 7.56. The number of rotatable bonds is 1. The predicted octanol–water partition coefficient (Wildman–Crippen LogP) is 2.31. The quantitative estimate of drug-likeness (QED) is 0.684. The number of benzene rings is 1. The van der Waals surface area contributed by atoms with Crippen LogP contribution in [0.4, 0.5) is 4.39 Å². The van der Waals surface area contributed by atoms with Crippen molar-refractivity contribution in [2.75, 3.05) is 0 Å². The van der Waals surface area contributed by atoms with Gasteiger partial charge in [0.15, 0.2) is 0 Å². The van der Waals surface area contributed by atoms with Crippen molar-refractivity contribution in [1.82, 2.24) is 0 Å². The Morgan fingerprint density at radius 3 is 2.40 bits per heavy atom. The summed E-state index contributed by atoms with van der Waals surface area (Å²) in [6, 6.07) is 6.43. The third-order valence-electron chi connectivity index (χ3n) is 1.10. The van der Waals surface area contributed by atoms with Crippen LogP contribution < -0.4 is 5.46 Å². The summed E-state index contributed by atoms with van der Waals surface area (Å²) in [5.41, 5.74) is 0.889. The van der Waals surface area contributed by atoms with Gasteiger partial charge in [0.05, 0.1) is 0 Å². The molecule has 0 amide bonds. The van der Waals surface area contributed by atoms with Gasteiger partial charge in [-0.15, -0.1) is 31.5 Å². The van der Waals surface area contributed by atoms with E-state index in [1.165, 1.54) is 12.1 Å². The third-order valence-corrected chi connectivity index (χ3v) is 2.16. The van der Waals surface area contributed by atoms with Crippen molar-refractivity contribution in [2.24, 2.45) is 0 Å². The van der Waals surface area contributed by atoms with Crippen LogP contribution in [0.25, 0.3) is 0 Å². The van der Waals surface area contributed by atoms with E-state index in [1.54, 1.807) is 6.07 Å². The molecular weight excluding hydrogens is 262 g/mol. The van der Waals surface area contributed by atoms with Crippen LogP contribution in [0.3, 0.4) is 0 Å². The Kier molecular flexibility index (Phi) is 2.92. The zero-order valence-corrected chi connectivity index (χ0v) is 8.19. The lowest BCUT2D eigenvalue weighted by atomic mass is 9.95. The zero-order valence-electron chi connectivity index (χ0n) is 5.02. The topological polar surface area (TPSA) is 0 Å². The van der Waals surface area contributed by atoms with Crippen LogP contribution >= 0.6 is 31.5 Å². The normalized spacial score (nSPS) is 9.50. The second kappa shape index (κ2) is 3.53. The van der Waals surface area contributed by atoms with Gasteiger partial charge in [-0.1, -0.05) is 17.6 Å². The fourth-order valence-electron chi connectivity index (χ4n) is 0.642. The van der Waals surface area contributed by atoms with Crippen LogP contribution in [0.2, 0.25) is 0 Å². The van der Waals surface area contributed by atoms with Gasteiger partial charge >= 0.3 is 4.36 Å². The van der Waals surface area contributed by atoms with Gasteiger partial charge in [0.1, 0.15) is 5.82 Å². The minimum atomic E-state index is -0.207. The standard InChI is InChI=1S/C6H4BBr2F/c8-7(9)5-2-1-3-6(10)4-5/h1-4H. The molecule has 0 bridgehead atoms. The molecule has 0 fully saturated rings. The predicted molar refractivity (Wildman–Crippen MR) is 49.6 cm³/mol. The van der Waals surface area contributed by atoms with Crippen molar-refractivity contribution >= 4 is 41.3 Å². The summed E-state index contributed by atoms with van der Waals surface area (Å²) < 4.78 is 12.5. The van der Waals surface area contributed by atoms with Crippen molar-refractivity contribution < 1.29 is 4.39 Å². The van der Waals surface area contributed by atoms with Gasteiger partial charge < -0.3 is 0 Å². The third kappa shape index (κ3) is 2.09. The Morgan fingerprint density at radius 2 is 2.00 bits per heavy atom. The summed E-state index contributed by atoms with van der Waals surface area (Å²) in [4.78, 5) is 0. The Hall–Kier alpha value is 0.175. The lowest BCUT2D eigenvalue weighted by Crippen LogP contribution is -2.16. The SMILES string of the molecule is Fc1cccc(B(Br)Br)c1. The second-order valence-electron chi connectivity index (χ2n) is 1.86. The minimum absolute atomic E-state index is 0.0377. The van der Waals surface area contributed by atoms with Gasteiger partial charge in [0.2, 0.25) is 0 Å². The summed E-state index contributed by atoms with van der Waals surface area (Å²) in [6.45, 7) is 0. The summed E-state index contributed by atoms with van der Waals surface area (Å²) >= 11 is 6.53. The molecule has 0 aliphatic heterocycles. The summed E-state index contributed by atoms with van der Waals surface area (Å²) in [5, 5.41) is 0. The van der Waals surface area contributed by atoms with Gasteiger partial charge in [-0.2, -0.15) is 0 Å². The van der Waals surface area contributed by atoms with E-state index in [4.69, 9.17) is 0 Å². The van der Waals surface area contributed by atoms with Crippen molar-refractivity contribution in [2.45, 2.75) is 0 Å². The van der Waals surface area contributed by atoms with E-state index in [1.807, 2.05) is 6.07 Å². The monoisotopic (exact) mass is 264 g/mol. The molecule has 0 N–H and O–H groups in total. The van der Waals surface area contributed by atoms with E-state index in [9.17, 15) is 4.39 Å². The first-order valence-corrected chi connectivity index (χ1v) is 4.57. The van der Waals surface area contributed by atoms with E-state index in [2.05, 4.69) is 31.5 Å². The first-order chi connectivity index (χ1) is 4.70. The molecule has 52 valence electrons. The molecule has 1 aromatic rings. The van der Waals surface area contributed by atoms with Crippen molar-refractivity contribution in [3.63, 3.8) is 0 Å². The lowest BCUT2D eigenvalue weighted by Gasteiger charge is -1.96. The summed E-state index contributed by atoms with van der Waals surface area (Å²) in [7, 11) is 0. The molecule has 0 saturated heterocycles. The van der Waals surface area contributed by atoms with E-state index >= 15 is 0 Å². The maximum Gasteiger partial charge on any atom is 0.329 e. The molecule has 0 unspecified atom stereocenters. The highest BCUT2D eigenvalue weighted by Crippen LogP contribution is 2.04. The minimum Gasteiger partial charge on any atom is -0.207 e. The molecule has 10 heavy (non-hydrogen) atoms. The highest BCUT2D eigenvalue weighted by molar-refractivity contribution is 9.49. The average molecular weight is 266 g/mol. The maximum atomic E-state index is 12.5. The van der Waals surface area contributed by atoms with Crippen molar-refractivity contribution in [3.8, 4) is 0 Å². The second-order valence-corrected chi connectivity index (χ2v) is 4.92. The molecule has 0 atom stereocenters. The fourth-order valence-corrected chi connectivity index (χ4v) is 1.21. The molecule has 0 nitrogen and oxygen atoms in total. The van der Waals surface area contributed by atoms with E-state index in [0.717, 1.165) is 5.46 Å². The molecule has 0 spiro atoms. The number of hydrogen-bond donors (Lipinski definition) is 0. The molecule has 1 rings (SSSR count). The van der Waals surface area contributed by atoms with Crippen LogP contribution in [-0.2, 0) is 0 Å². The molecule has 0 aliphatic rings. The smallest absolute Gasteiger partial charge is 0.207 e. The molecule has 4 heteroatoms. The lowest BCUT2D eigenvalue weighted by molar-refractivity contribution is 0.629. The Labute approximate surface area is 75.8 Å². The maximum absolute atomic E-state index is 12.5. The van der Waals surface area contributed by atoms with Crippen LogP contribution in [0.5, 0.6) is 0 Å². The molecule has 0 heterocycles. The molecule has 0 saturated carbocycles. The Balaban J connectivity index is 2.96. The Bertz CT molecular complexity index is 227. The van der Waals surface area contributed by atoms with Crippen molar-refractivity contribution in [3.05, 3.63) is 30.1 Å². The van der Waals surface area contributed by atoms with Gasteiger partial charge in [-0.3, -0.25) is 0 Å². The highest BCUT2D eigenvalue weighted by Gasteiger charge is 2.06. The van der Waals surface area contributed by atoms with Gasteiger partial charge in [-0.25, -0.2) is 4.39 Å². The largest absolute Gasteiger partial charge is 0.329 e. The molecule has 1 aromatic carbocycles. The van der Waals surface area contributed by atoms with E-state index in [0.29, 0.717) is 0 Å². The van der Waals surface area contributed by atoms with Crippen LogP contribution in [-0.4, -0.2) is 4.36 Å². The summed E-state index contributed by atoms with van der Waals surface area (Å²) in [5.74, 6) is -0.207. The number of hydrogen-bond acceptors (Lipinski definition) is 0. The van der Waals surface area contributed by atoms with Crippen LogP contribution in [0.15, 0.2) is 24.3 Å². The van der Waals surface area contributed by atoms with Crippen molar-refractivity contribution in [1.29, 1.82) is 0 Å². The Morgan fingerprint density at radius 1 is 1.30 bits per heavy atom. The fraction of sp³-hybridized carbons (Fsp3) is 0. The summed E-state index contributed by atoms with van der Waals surface area (Å²) in [6.07, 6.45) is 0.